The normalized spacial score (nSPS) is 19.6. The van der Waals surface area contributed by atoms with Crippen molar-refractivity contribution in [1.82, 2.24) is 4.90 Å². The van der Waals surface area contributed by atoms with Gasteiger partial charge in [0, 0.05) is 37.7 Å². The van der Waals surface area contributed by atoms with Crippen LogP contribution in [0.3, 0.4) is 0 Å². The van der Waals surface area contributed by atoms with Crippen molar-refractivity contribution in [3.63, 3.8) is 0 Å². The Bertz CT molecular complexity index is 124. The van der Waals surface area contributed by atoms with E-state index >= 15 is 0 Å². The van der Waals surface area contributed by atoms with E-state index in [4.69, 9.17) is 4.74 Å². The number of hydrogen-bond acceptors (Lipinski definition) is 3. The Hall–Kier alpha value is 0.270. The molecular weight excluding hydrogens is 182 g/mol. The van der Waals surface area contributed by atoms with Crippen LogP contribution in [0.2, 0.25) is 0 Å². The molecule has 0 saturated carbocycles. The van der Waals surface area contributed by atoms with E-state index in [2.05, 4.69) is 30.5 Å². The largest absolute Gasteiger partial charge is 0.379 e. The van der Waals surface area contributed by atoms with Crippen molar-refractivity contribution in [3.05, 3.63) is 0 Å². The van der Waals surface area contributed by atoms with Crippen molar-refractivity contribution in [2.45, 2.75) is 26.4 Å². The SMILES string of the molecule is CC(C)OCCCN1CCSCC1. The maximum atomic E-state index is 5.50. The molecule has 78 valence electrons. The van der Waals surface area contributed by atoms with Crippen molar-refractivity contribution in [3.8, 4) is 0 Å². The number of nitrogens with zero attached hydrogens (tertiary/aromatic N) is 1. The lowest BCUT2D eigenvalue weighted by Gasteiger charge is -2.26. The zero-order valence-electron chi connectivity index (χ0n) is 8.79. The molecule has 0 aromatic heterocycles. The molecule has 1 saturated heterocycles. The average molecular weight is 203 g/mol. The van der Waals surface area contributed by atoms with E-state index in [0.717, 1.165) is 6.61 Å². The van der Waals surface area contributed by atoms with Crippen LogP contribution in [0.5, 0.6) is 0 Å². The van der Waals surface area contributed by atoms with Crippen molar-refractivity contribution in [2.24, 2.45) is 0 Å². The van der Waals surface area contributed by atoms with Crippen LogP contribution in [0.1, 0.15) is 20.3 Å². The molecule has 0 aliphatic carbocycles. The van der Waals surface area contributed by atoms with Gasteiger partial charge in [-0.15, -0.1) is 0 Å². The summed E-state index contributed by atoms with van der Waals surface area (Å²) in [6, 6.07) is 0. The summed E-state index contributed by atoms with van der Waals surface area (Å²) in [5.41, 5.74) is 0. The Morgan fingerprint density at radius 3 is 2.62 bits per heavy atom. The predicted octanol–water partition coefficient (Wildman–Crippen LogP) is 1.85. The Morgan fingerprint density at radius 1 is 1.31 bits per heavy atom. The molecule has 1 aliphatic heterocycles. The molecule has 13 heavy (non-hydrogen) atoms. The van der Waals surface area contributed by atoms with Gasteiger partial charge >= 0.3 is 0 Å². The smallest absolute Gasteiger partial charge is 0.0518 e. The second-order valence-corrected chi connectivity index (χ2v) is 4.95. The summed E-state index contributed by atoms with van der Waals surface area (Å²) in [6.45, 7) is 8.86. The molecule has 0 bridgehead atoms. The molecule has 1 heterocycles. The van der Waals surface area contributed by atoms with E-state index in [1.165, 1.54) is 37.6 Å². The third kappa shape index (κ3) is 5.55. The molecule has 1 fully saturated rings. The fourth-order valence-corrected chi connectivity index (χ4v) is 2.41. The monoisotopic (exact) mass is 203 g/mol. The third-order valence-electron chi connectivity index (χ3n) is 2.17. The number of ether oxygens (including phenoxy) is 1. The summed E-state index contributed by atoms with van der Waals surface area (Å²) in [5.74, 6) is 2.62. The van der Waals surface area contributed by atoms with Crippen LogP contribution in [-0.2, 0) is 4.74 Å². The Labute approximate surface area is 86.0 Å². The minimum Gasteiger partial charge on any atom is -0.379 e. The highest BCUT2D eigenvalue weighted by molar-refractivity contribution is 7.99. The topological polar surface area (TPSA) is 12.5 Å². The van der Waals surface area contributed by atoms with E-state index < -0.39 is 0 Å². The molecule has 0 atom stereocenters. The Balaban J connectivity index is 1.92. The van der Waals surface area contributed by atoms with Crippen LogP contribution in [0, 0.1) is 0 Å². The van der Waals surface area contributed by atoms with Crippen LogP contribution in [0.4, 0.5) is 0 Å². The number of thioether (sulfide) groups is 1. The van der Waals surface area contributed by atoms with Gasteiger partial charge < -0.3 is 9.64 Å². The van der Waals surface area contributed by atoms with Gasteiger partial charge in [0.2, 0.25) is 0 Å². The zero-order chi connectivity index (χ0) is 9.52. The van der Waals surface area contributed by atoms with Gasteiger partial charge in [0.1, 0.15) is 0 Å². The second kappa shape index (κ2) is 6.68. The summed E-state index contributed by atoms with van der Waals surface area (Å²) in [6.07, 6.45) is 1.57. The van der Waals surface area contributed by atoms with Crippen LogP contribution in [-0.4, -0.2) is 48.8 Å². The molecular formula is C10H21NOS. The van der Waals surface area contributed by atoms with Gasteiger partial charge in [-0.3, -0.25) is 0 Å². The molecule has 0 radical (unpaired) electrons. The maximum absolute atomic E-state index is 5.50. The molecule has 0 aromatic rings. The van der Waals surface area contributed by atoms with E-state index in [0.29, 0.717) is 6.10 Å². The Morgan fingerprint density at radius 2 is 2.00 bits per heavy atom. The zero-order valence-corrected chi connectivity index (χ0v) is 9.61. The number of hydrogen-bond donors (Lipinski definition) is 0. The minimum absolute atomic E-state index is 0.386. The van der Waals surface area contributed by atoms with E-state index in [1.807, 2.05) is 0 Å². The third-order valence-corrected chi connectivity index (χ3v) is 3.12. The van der Waals surface area contributed by atoms with Gasteiger partial charge in [0.25, 0.3) is 0 Å². The van der Waals surface area contributed by atoms with Crippen molar-refractivity contribution < 1.29 is 4.74 Å². The van der Waals surface area contributed by atoms with Crippen molar-refractivity contribution in [2.75, 3.05) is 37.7 Å². The van der Waals surface area contributed by atoms with Gasteiger partial charge in [0.15, 0.2) is 0 Å². The fourth-order valence-electron chi connectivity index (χ4n) is 1.43. The molecule has 2 nitrogen and oxygen atoms in total. The highest BCUT2D eigenvalue weighted by atomic mass is 32.2. The maximum Gasteiger partial charge on any atom is 0.0518 e. The minimum atomic E-state index is 0.386. The van der Waals surface area contributed by atoms with Crippen molar-refractivity contribution in [1.29, 1.82) is 0 Å². The molecule has 0 amide bonds. The van der Waals surface area contributed by atoms with Gasteiger partial charge in [-0.2, -0.15) is 11.8 Å². The summed E-state index contributed by atoms with van der Waals surface area (Å²) >= 11 is 2.07. The van der Waals surface area contributed by atoms with Crippen LogP contribution >= 0.6 is 11.8 Å². The Kier molecular flexibility index (Phi) is 5.83. The lowest BCUT2D eigenvalue weighted by molar-refractivity contribution is 0.0712. The van der Waals surface area contributed by atoms with Gasteiger partial charge in [-0.05, 0) is 20.3 Å². The molecule has 0 spiro atoms. The predicted molar refractivity (Wildman–Crippen MR) is 59.5 cm³/mol. The second-order valence-electron chi connectivity index (χ2n) is 3.73. The van der Waals surface area contributed by atoms with Crippen molar-refractivity contribution >= 4 is 11.8 Å². The van der Waals surface area contributed by atoms with E-state index in [9.17, 15) is 0 Å². The molecule has 0 N–H and O–H groups in total. The van der Waals surface area contributed by atoms with Gasteiger partial charge in [0.05, 0.1) is 6.10 Å². The molecule has 1 rings (SSSR count). The van der Waals surface area contributed by atoms with Crippen LogP contribution < -0.4 is 0 Å². The summed E-state index contributed by atoms with van der Waals surface area (Å²) in [5, 5.41) is 0. The first-order valence-corrected chi connectivity index (χ1v) is 6.36. The van der Waals surface area contributed by atoms with Crippen LogP contribution in [0.15, 0.2) is 0 Å². The molecule has 1 aliphatic rings. The first-order valence-electron chi connectivity index (χ1n) is 5.21. The van der Waals surface area contributed by atoms with E-state index in [1.54, 1.807) is 0 Å². The first-order chi connectivity index (χ1) is 6.29. The quantitative estimate of drug-likeness (QED) is 0.633. The van der Waals surface area contributed by atoms with Gasteiger partial charge in [-0.1, -0.05) is 0 Å². The molecule has 0 aromatic carbocycles. The van der Waals surface area contributed by atoms with Crippen LogP contribution in [0.25, 0.3) is 0 Å². The molecule has 0 unspecified atom stereocenters. The summed E-state index contributed by atoms with van der Waals surface area (Å²) in [7, 11) is 0. The average Bonchev–Trinajstić information content (AvgIpc) is 2.14. The molecule has 3 heteroatoms. The standard InChI is InChI=1S/C10H21NOS/c1-10(2)12-7-3-4-11-5-8-13-9-6-11/h10H,3-9H2,1-2H3. The van der Waals surface area contributed by atoms with E-state index in [-0.39, 0.29) is 0 Å². The number of rotatable bonds is 5. The highest BCUT2D eigenvalue weighted by Gasteiger charge is 2.09. The lowest BCUT2D eigenvalue weighted by atomic mass is 10.4. The summed E-state index contributed by atoms with van der Waals surface area (Å²) < 4.78 is 5.50. The highest BCUT2D eigenvalue weighted by Crippen LogP contribution is 2.09. The summed E-state index contributed by atoms with van der Waals surface area (Å²) in [4.78, 5) is 2.54. The van der Waals surface area contributed by atoms with Gasteiger partial charge in [-0.25, -0.2) is 0 Å². The fraction of sp³-hybridized carbons (Fsp3) is 1.00. The lowest BCUT2D eigenvalue weighted by Crippen LogP contribution is -2.33. The first kappa shape index (κ1) is 11.3.